The first-order chi connectivity index (χ1) is 12.1. The molecule has 6 nitrogen and oxygen atoms in total. The fraction of sp³-hybridized carbons (Fsp3) is 0.211. The average molecular weight is 336 g/mol. The van der Waals surface area contributed by atoms with Crippen molar-refractivity contribution in [2.24, 2.45) is 0 Å². The number of carbonyl (C=O) groups excluding carboxylic acids is 1. The predicted molar refractivity (Wildman–Crippen MR) is 94.4 cm³/mol. The summed E-state index contributed by atoms with van der Waals surface area (Å²) in [4.78, 5) is 20.6. The molecule has 2 heterocycles. The van der Waals surface area contributed by atoms with E-state index in [9.17, 15) is 9.90 Å². The molecule has 128 valence electrons. The standard InChI is InChI=1S/C19H20N4O2/c1-14(17(24)11-15-5-3-2-4-6-15)22-19(25)16-7-8-18(21-12-16)23-10-9-20-13-23/h2-10,12-14,17,24H,11H2,1H3,(H,22,25). The van der Waals surface area contributed by atoms with Crippen molar-refractivity contribution in [1.29, 1.82) is 0 Å². The third-order valence-corrected chi connectivity index (χ3v) is 4.00. The van der Waals surface area contributed by atoms with Crippen LogP contribution in [0.3, 0.4) is 0 Å². The first kappa shape index (κ1) is 16.9. The van der Waals surface area contributed by atoms with Crippen molar-refractivity contribution in [2.45, 2.75) is 25.5 Å². The highest BCUT2D eigenvalue weighted by Gasteiger charge is 2.18. The van der Waals surface area contributed by atoms with E-state index in [0.29, 0.717) is 17.8 Å². The summed E-state index contributed by atoms with van der Waals surface area (Å²) in [6.07, 6.45) is 6.43. The number of amides is 1. The van der Waals surface area contributed by atoms with E-state index in [1.165, 1.54) is 6.20 Å². The van der Waals surface area contributed by atoms with Crippen LogP contribution >= 0.6 is 0 Å². The minimum Gasteiger partial charge on any atom is -0.391 e. The molecule has 0 bridgehead atoms. The van der Waals surface area contributed by atoms with Crippen LogP contribution in [0.4, 0.5) is 0 Å². The molecule has 3 rings (SSSR count). The smallest absolute Gasteiger partial charge is 0.253 e. The third kappa shape index (κ3) is 4.30. The zero-order chi connectivity index (χ0) is 17.6. The molecule has 0 aliphatic rings. The van der Waals surface area contributed by atoms with Gasteiger partial charge in [0.25, 0.3) is 5.91 Å². The minimum atomic E-state index is -0.662. The van der Waals surface area contributed by atoms with Crippen LogP contribution in [-0.4, -0.2) is 37.7 Å². The predicted octanol–water partition coefficient (Wildman–Crippen LogP) is 1.99. The van der Waals surface area contributed by atoms with Gasteiger partial charge in [-0.25, -0.2) is 9.97 Å². The summed E-state index contributed by atoms with van der Waals surface area (Å²) in [7, 11) is 0. The Morgan fingerprint density at radius 2 is 2.04 bits per heavy atom. The summed E-state index contributed by atoms with van der Waals surface area (Å²) in [6, 6.07) is 12.8. The number of rotatable bonds is 6. The van der Waals surface area contributed by atoms with Crippen molar-refractivity contribution in [1.82, 2.24) is 19.9 Å². The molecule has 2 N–H and O–H groups in total. The zero-order valence-electron chi connectivity index (χ0n) is 13.9. The van der Waals surface area contributed by atoms with Crippen LogP contribution in [-0.2, 0) is 6.42 Å². The second kappa shape index (κ2) is 7.72. The normalized spacial score (nSPS) is 13.2. The molecule has 6 heteroatoms. The van der Waals surface area contributed by atoms with Gasteiger partial charge in [0.05, 0.1) is 17.7 Å². The number of hydrogen-bond donors (Lipinski definition) is 2. The molecule has 2 aromatic heterocycles. The second-order valence-electron chi connectivity index (χ2n) is 5.89. The van der Waals surface area contributed by atoms with E-state index in [1.807, 2.05) is 30.3 Å². The van der Waals surface area contributed by atoms with Gasteiger partial charge in [-0.15, -0.1) is 0 Å². The minimum absolute atomic E-state index is 0.260. The Bertz CT molecular complexity index is 801. The van der Waals surface area contributed by atoms with Gasteiger partial charge in [0.2, 0.25) is 0 Å². The second-order valence-corrected chi connectivity index (χ2v) is 5.89. The van der Waals surface area contributed by atoms with Gasteiger partial charge in [0, 0.05) is 25.0 Å². The highest BCUT2D eigenvalue weighted by Crippen LogP contribution is 2.08. The Morgan fingerprint density at radius 1 is 1.24 bits per heavy atom. The molecule has 0 fully saturated rings. The highest BCUT2D eigenvalue weighted by atomic mass is 16.3. The van der Waals surface area contributed by atoms with Crippen molar-refractivity contribution in [3.63, 3.8) is 0 Å². The lowest BCUT2D eigenvalue weighted by Gasteiger charge is -2.20. The number of aromatic nitrogens is 3. The van der Waals surface area contributed by atoms with E-state index in [2.05, 4.69) is 15.3 Å². The van der Waals surface area contributed by atoms with E-state index < -0.39 is 6.10 Å². The Labute approximate surface area is 146 Å². The quantitative estimate of drug-likeness (QED) is 0.721. The van der Waals surface area contributed by atoms with Crippen molar-refractivity contribution >= 4 is 5.91 Å². The Hall–Kier alpha value is -2.99. The molecule has 0 saturated heterocycles. The number of nitrogens with zero attached hydrogens (tertiary/aromatic N) is 3. The summed E-state index contributed by atoms with van der Waals surface area (Å²) >= 11 is 0. The molecule has 0 radical (unpaired) electrons. The van der Waals surface area contributed by atoms with E-state index in [1.54, 1.807) is 42.3 Å². The van der Waals surface area contributed by atoms with E-state index in [4.69, 9.17) is 0 Å². The summed E-state index contributed by atoms with van der Waals surface area (Å²) in [5, 5.41) is 13.1. The van der Waals surface area contributed by atoms with Crippen LogP contribution in [0.5, 0.6) is 0 Å². The van der Waals surface area contributed by atoms with Gasteiger partial charge >= 0.3 is 0 Å². The maximum absolute atomic E-state index is 12.3. The number of benzene rings is 1. The number of aliphatic hydroxyl groups is 1. The van der Waals surface area contributed by atoms with Crippen LogP contribution in [0.25, 0.3) is 5.82 Å². The molecule has 0 aliphatic heterocycles. The Morgan fingerprint density at radius 3 is 2.68 bits per heavy atom. The maximum Gasteiger partial charge on any atom is 0.253 e. The molecule has 1 amide bonds. The fourth-order valence-electron chi connectivity index (χ4n) is 2.49. The highest BCUT2D eigenvalue weighted by molar-refractivity contribution is 5.94. The van der Waals surface area contributed by atoms with E-state index >= 15 is 0 Å². The van der Waals surface area contributed by atoms with Gasteiger partial charge in [-0.2, -0.15) is 0 Å². The monoisotopic (exact) mass is 336 g/mol. The molecule has 0 spiro atoms. The van der Waals surface area contributed by atoms with Crippen molar-refractivity contribution in [2.75, 3.05) is 0 Å². The Balaban J connectivity index is 1.59. The van der Waals surface area contributed by atoms with Crippen molar-refractivity contribution in [3.05, 3.63) is 78.5 Å². The SMILES string of the molecule is CC(NC(=O)c1ccc(-n2ccnc2)nc1)C(O)Cc1ccccc1. The number of nitrogens with one attached hydrogen (secondary N) is 1. The van der Waals surface area contributed by atoms with Gasteiger partial charge in [-0.05, 0) is 24.6 Å². The summed E-state index contributed by atoms with van der Waals surface area (Å²) in [5.74, 6) is 0.426. The molecule has 2 atom stereocenters. The first-order valence-corrected chi connectivity index (χ1v) is 8.11. The first-order valence-electron chi connectivity index (χ1n) is 8.11. The van der Waals surface area contributed by atoms with Crippen molar-refractivity contribution in [3.8, 4) is 5.82 Å². The van der Waals surface area contributed by atoms with E-state index in [-0.39, 0.29) is 11.9 Å². The molecule has 2 unspecified atom stereocenters. The van der Waals surface area contributed by atoms with Gasteiger partial charge < -0.3 is 10.4 Å². The fourth-order valence-corrected chi connectivity index (χ4v) is 2.49. The molecular weight excluding hydrogens is 316 g/mol. The topological polar surface area (TPSA) is 80.0 Å². The van der Waals surface area contributed by atoms with Gasteiger partial charge in [-0.3, -0.25) is 9.36 Å². The van der Waals surface area contributed by atoms with Crippen LogP contribution < -0.4 is 5.32 Å². The number of imidazole rings is 1. The average Bonchev–Trinajstić information content (AvgIpc) is 3.17. The molecule has 25 heavy (non-hydrogen) atoms. The summed E-state index contributed by atoms with van der Waals surface area (Å²) in [6.45, 7) is 1.79. The number of carbonyl (C=O) groups is 1. The Kier molecular flexibility index (Phi) is 5.20. The number of pyridine rings is 1. The molecule has 1 aromatic carbocycles. The van der Waals surface area contributed by atoms with Crippen LogP contribution in [0.1, 0.15) is 22.8 Å². The zero-order valence-corrected chi connectivity index (χ0v) is 13.9. The lowest BCUT2D eigenvalue weighted by atomic mass is 10.0. The lowest BCUT2D eigenvalue weighted by molar-refractivity contribution is 0.0851. The third-order valence-electron chi connectivity index (χ3n) is 4.00. The van der Waals surface area contributed by atoms with Crippen LogP contribution in [0.2, 0.25) is 0 Å². The lowest BCUT2D eigenvalue weighted by Crippen LogP contribution is -2.42. The summed E-state index contributed by atoms with van der Waals surface area (Å²) < 4.78 is 1.76. The maximum atomic E-state index is 12.3. The number of hydrogen-bond acceptors (Lipinski definition) is 4. The van der Waals surface area contributed by atoms with Gasteiger partial charge in [0.15, 0.2) is 0 Å². The molecule has 0 aliphatic carbocycles. The number of aliphatic hydroxyl groups excluding tert-OH is 1. The van der Waals surface area contributed by atoms with Crippen LogP contribution in [0, 0.1) is 0 Å². The summed E-state index contributed by atoms with van der Waals surface area (Å²) in [5.41, 5.74) is 1.48. The molecular formula is C19H20N4O2. The largest absolute Gasteiger partial charge is 0.391 e. The van der Waals surface area contributed by atoms with Gasteiger partial charge in [0.1, 0.15) is 12.1 Å². The van der Waals surface area contributed by atoms with Gasteiger partial charge in [-0.1, -0.05) is 30.3 Å². The van der Waals surface area contributed by atoms with Crippen molar-refractivity contribution < 1.29 is 9.90 Å². The molecule has 3 aromatic rings. The van der Waals surface area contributed by atoms with E-state index in [0.717, 1.165) is 5.56 Å². The molecule has 0 saturated carbocycles. The van der Waals surface area contributed by atoms with Crippen LogP contribution in [0.15, 0.2) is 67.4 Å².